The van der Waals surface area contributed by atoms with Crippen LogP contribution in [0.3, 0.4) is 0 Å². The Morgan fingerprint density at radius 2 is 1.90 bits per heavy atom. The first-order valence-corrected chi connectivity index (χ1v) is 10.4. The van der Waals surface area contributed by atoms with Crippen LogP contribution in [0.25, 0.3) is 0 Å². The lowest BCUT2D eigenvalue weighted by atomic mass is 9.70. The van der Waals surface area contributed by atoms with Gasteiger partial charge in [0.2, 0.25) is 0 Å². The van der Waals surface area contributed by atoms with Crippen molar-refractivity contribution >= 4 is 9.84 Å². The van der Waals surface area contributed by atoms with Gasteiger partial charge in [-0.2, -0.15) is 0 Å². The average molecular weight is 317 g/mol. The Balaban J connectivity index is 1.97. The predicted molar refractivity (Wildman–Crippen MR) is 88.3 cm³/mol. The molecule has 1 N–H and O–H groups in total. The second-order valence-corrected chi connectivity index (χ2v) is 9.55. The molecule has 5 heteroatoms. The topological polar surface area (TPSA) is 49.4 Å². The van der Waals surface area contributed by atoms with E-state index >= 15 is 0 Å². The van der Waals surface area contributed by atoms with Crippen molar-refractivity contribution in [2.45, 2.75) is 46.0 Å². The minimum absolute atomic E-state index is 0.348. The highest BCUT2D eigenvalue weighted by molar-refractivity contribution is 7.91. The van der Waals surface area contributed by atoms with Gasteiger partial charge < -0.3 is 10.2 Å². The molecule has 4 nitrogen and oxygen atoms in total. The first-order chi connectivity index (χ1) is 9.95. The fourth-order valence-electron chi connectivity index (χ4n) is 3.78. The minimum Gasteiger partial charge on any atom is -0.316 e. The van der Waals surface area contributed by atoms with Gasteiger partial charge in [0, 0.05) is 19.6 Å². The van der Waals surface area contributed by atoms with Gasteiger partial charge in [-0.1, -0.05) is 26.7 Å². The van der Waals surface area contributed by atoms with E-state index in [2.05, 4.69) is 24.1 Å². The summed E-state index contributed by atoms with van der Waals surface area (Å²) in [7, 11) is -2.80. The van der Waals surface area contributed by atoms with E-state index < -0.39 is 9.84 Å². The third kappa shape index (κ3) is 5.22. The normalized spacial score (nSPS) is 34.5. The second kappa shape index (κ2) is 7.42. The predicted octanol–water partition coefficient (Wildman–Crippen LogP) is 1.91. The van der Waals surface area contributed by atoms with Gasteiger partial charge in [-0.25, -0.2) is 8.42 Å². The molecule has 0 radical (unpaired) electrons. The molecular formula is C16H32N2O2S. The molecule has 1 aliphatic heterocycles. The van der Waals surface area contributed by atoms with Crippen LogP contribution in [-0.4, -0.2) is 57.5 Å². The quantitative estimate of drug-likeness (QED) is 0.842. The van der Waals surface area contributed by atoms with E-state index in [4.69, 9.17) is 0 Å². The van der Waals surface area contributed by atoms with Crippen molar-refractivity contribution < 1.29 is 8.42 Å². The molecular weight excluding hydrogens is 284 g/mol. The Morgan fingerprint density at radius 3 is 2.57 bits per heavy atom. The van der Waals surface area contributed by atoms with Crippen molar-refractivity contribution in [1.82, 2.24) is 10.2 Å². The van der Waals surface area contributed by atoms with Gasteiger partial charge >= 0.3 is 0 Å². The lowest BCUT2D eigenvalue weighted by molar-refractivity contribution is 0.0906. The summed E-state index contributed by atoms with van der Waals surface area (Å²) < 4.78 is 23.5. The molecule has 1 saturated carbocycles. The highest BCUT2D eigenvalue weighted by Gasteiger charge is 2.36. The third-order valence-electron chi connectivity index (χ3n) is 5.29. The second-order valence-electron chi connectivity index (χ2n) is 7.24. The zero-order valence-corrected chi connectivity index (χ0v) is 14.6. The van der Waals surface area contributed by atoms with Crippen LogP contribution in [0.1, 0.15) is 46.0 Å². The number of sulfone groups is 1. The smallest absolute Gasteiger partial charge is 0.151 e. The maximum atomic E-state index is 11.8. The summed E-state index contributed by atoms with van der Waals surface area (Å²) >= 11 is 0. The Hall–Kier alpha value is -0.130. The van der Waals surface area contributed by atoms with Crippen molar-refractivity contribution in [1.29, 1.82) is 0 Å². The Morgan fingerprint density at radius 1 is 1.19 bits per heavy atom. The molecule has 2 rings (SSSR count). The van der Waals surface area contributed by atoms with E-state index in [9.17, 15) is 8.42 Å². The summed E-state index contributed by atoms with van der Waals surface area (Å²) in [6.07, 6.45) is 6.00. The molecule has 1 aliphatic carbocycles. The van der Waals surface area contributed by atoms with E-state index in [1.54, 1.807) is 0 Å². The van der Waals surface area contributed by atoms with Crippen molar-refractivity contribution in [2.75, 3.05) is 44.2 Å². The number of nitrogens with zero attached hydrogens (tertiary/aromatic N) is 1. The molecule has 21 heavy (non-hydrogen) atoms. The van der Waals surface area contributed by atoms with Crippen molar-refractivity contribution in [3.05, 3.63) is 0 Å². The zero-order chi connectivity index (χ0) is 15.3. The highest BCUT2D eigenvalue weighted by atomic mass is 32.2. The van der Waals surface area contributed by atoms with Gasteiger partial charge in [-0.15, -0.1) is 0 Å². The summed E-state index contributed by atoms with van der Waals surface area (Å²) in [5.74, 6) is 1.57. The van der Waals surface area contributed by atoms with E-state index in [1.807, 2.05) is 0 Å². The molecule has 0 amide bonds. The Labute approximate surface area is 130 Å². The SMILES string of the molecule is CCNCC1(CN2CCCS(=O)(=O)CC2)CCC(C)CC1. The molecule has 0 aromatic heterocycles. The van der Waals surface area contributed by atoms with Gasteiger partial charge in [-0.3, -0.25) is 0 Å². The summed E-state index contributed by atoms with van der Waals surface area (Å²) in [5.41, 5.74) is 0.358. The van der Waals surface area contributed by atoms with Gasteiger partial charge in [0.1, 0.15) is 0 Å². The van der Waals surface area contributed by atoms with Crippen LogP contribution in [-0.2, 0) is 9.84 Å². The van der Waals surface area contributed by atoms with Crippen molar-refractivity contribution in [3.63, 3.8) is 0 Å². The maximum Gasteiger partial charge on any atom is 0.151 e. The Bertz CT molecular complexity index is 408. The lowest BCUT2D eigenvalue weighted by Gasteiger charge is -2.43. The van der Waals surface area contributed by atoms with E-state index in [0.717, 1.165) is 45.1 Å². The molecule has 0 atom stereocenters. The summed E-state index contributed by atoms with van der Waals surface area (Å²) in [4.78, 5) is 2.41. The standard InChI is InChI=1S/C16H32N2O2S/c1-3-17-13-16(7-5-15(2)6-8-16)14-18-9-4-11-21(19,20)12-10-18/h15,17H,3-14H2,1-2H3. The zero-order valence-electron chi connectivity index (χ0n) is 13.7. The van der Waals surface area contributed by atoms with E-state index in [0.29, 0.717) is 16.9 Å². The van der Waals surface area contributed by atoms with Crippen LogP contribution in [0.5, 0.6) is 0 Å². The summed E-state index contributed by atoms with van der Waals surface area (Å²) in [6.45, 7) is 9.37. The fourth-order valence-corrected chi connectivity index (χ4v) is 5.09. The summed E-state index contributed by atoms with van der Waals surface area (Å²) in [6, 6.07) is 0. The minimum atomic E-state index is -2.80. The van der Waals surface area contributed by atoms with Gasteiger partial charge in [0.05, 0.1) is 11.5 Å². The molecule has 124 valence electrons. The van der Waals surface area contributed by atoms with Gasteiger partial charge in [-0.05, 0) is 43.7 Å². The first-order valence-electron chi connectivity index (χ1n) is 8.58. The molecule has 0 bridgehead atoms. The number of nitrogens with one attached hydrogen (secondary N) is 1. The molecule has 2 fully saturated rings. The molecule has 1 saturated heterocycles. The van der Waals surface area contributed by atoms with Crippen molar-refractivity contribution in [3.8, 4) is 0 Å². The molecule has 2 aliphatic rings. The Kier molecular flexibility index (Phi) is 6.09. The van der Waals surface area contributed by atoms with Crippen LogP contribution in [0.4, 0.5) is 0 Å². The van der Waals surface area contributed by atoms with Gasteiger partial charge in [0.25, 0.3) is 0 Å². The fraction of sp³-hybridized carbons (Fsp3) is 1.00. The van der Waals surface area contributed by atoms with Gasteiger partial charge in [0.15, 0.2) is 9.84 Å². The van der Waals surface area contributed by atoms with Crippen LogP contribution in [0.15, 0.2) is 0 Å². The number of rotatable bonds is 5. The van der Waals surface area contributed by atoms with Crippen LogP contribution in [0.2, 0.25) is 0 Å². The van der Waals surface area contributed by atoms with Crippen LogP contribution < -0.4 is 5.32 Å². The van der Waals surface area contributed by atoms with Crippen molar-refractivity contribution in [2.24, 2.45) is 11.3 Å². The molecule has 0 spiro atoms. The number of hydrogen-bond donors (Lipinski definition) is 1. The highest BCUT2D eigenvalue weighted by Crippen LogP contribution is 2.39. The monoisotopic (exact) mass is 316 g/mol. The third-order valence-corrected chi connectivity index (χ3v) is 7.01. The number of hydrogen-bond acceptors (Lipinski definition) is 4. The van der Waals surface area contributed by atoms with Crippen LogP contribution >= 0.6 is 0 Å². The lowest BCUT2D eigenvalue weighted by Crippen LogP contribution is -2.46. The van der Waals surface area contributed by atoms with Crippen LogP contribution in [0, 0.1) is 11.3 Å². The first kappa shape index (κ1) is 17.2. The molecule has 0 aromatic rings. The largest absolute Gasteiger partial charge is 0.316 e. The molecule has 0 aromatic carbocycles. The molecule has 1 heterocycles. The average Bonchev–Trinajstić information content (AvgIpc) is 2.61. The van der Waals surface area contributed by atoms with E-state index in [-0.39, 0.29) is 0 Å². The van der Waals surface area contributed by atoms with E-state index in [1.165, 1.54) is 25.7 Å². The molecule has 0 unspecified atom stereocenters. The maximum absolute atomic E-state index is 11.8. The summed E-state index contributed by atoms with van der Waals surface area (Å²) in [5, 5.41) is 3.55.